The van der Waals surface area contributed by atoms with Crippen LogP contribution in [0.3, 0.4) is 0 Å². The number of hydrogen-bond donors (Lipinski definition) is 1. The van der Waals surface area contributed by atoms with Gasteiger partial charge in [0.15, 0.2) is 11.5 Å². The first-order valence-corrected chi connectivity index (χ1v) is 10.8. The average molecular weight is 413 g/mol. The van der Waals surface area contributed by atoms with Crippen LogP contribution in [0, 0.1) is 0 Å². The van der Waals surface area contributed by atoms with Crippen molar-refractivity contribution in [3.63, 3.8) is 0 Å². The normalized spacial score (nSPS) is 18.6. The molecule has 1 saturated heterocycles. The summed E-state index contributed by atoms with van der Waals surface area (Å²) in [6.07, 6.45) is 0.511. The summed E-state index contributed by atoms with van der Waals surface area (Å²) in [6.45, 7) is 6.75. The maximum Gasteiger partial charge on any atom is 0.165 e. The van der Waals surface area contributed by atoms with Crippen molar-refractivity contribution in [2.45, 2.75) is 25.6 Å². The first kappa shape index (κ1) is 21.1. The van der Waals surface area contributed by atoms with E-state index in [1.165, 1.54) is 11.1 Å². The highest BCUT2D eigenvalue weighted by molar-refractivity contribution is 5.46. The molecule has 2 aromatic carbocycles. The highest BCUT2D eigenvalue weighted by Crippen LogP contribution is 2.33. The van der Waals surface area contributed by atoms with Crippen LogP contribution in [0.15, 0.2) is 42.5 Å². The summed E-state index contributed by atoms with van der Waals surface area (Å²) in [7, 11) is 1.66. The summed E-state index contributed by atoms with van der Waals surface area (Å²) in [5.74, 6) is 1.45. The van der Waals surface area contributed by atoms with Crippen molar-refractivity contribution < 1.29 is 19.3 Å². The van der Waals surface area contributed by atoms with Crippen molar-refractivity contribution in [2.75, 3.05) is 53.1 Å². The van der Waals surface area contributed by atoms with Gasteiger partial charge >= 0.3 is 0 Å². The van der Waals surface area contributed by atoms with Crippen molar-refractivity contribution in [3.05, 3.63) is 59.2 Å². The number of fused-ring (bicyclic) bond motifs is 1. The fraction of sp³-hybridized carbons (Fsp3) is 0.500. The van der Waals surface area contributed by atoms with Crippen LogP contribution >= 0.6 is 0 Å². The summed E-state index contributed by atoms with van der Waals surface area (Å²) < 4.78 is 17.1. The summed E-state index contributed by atoms with van der Waals surface area (Å²) in [5.41, 5.74) is 3.93. The van der Waals surface area contributed by atoms with E-state index in [9.17, 15) is 5.11 Å². The van der Waals surface area contributed by atoms with Crippen molar-refractivity contribution in [1.29, 1.82) is 0 Å². The molecule has 2 heterocycles. The molecule has 6 nitrogen and oxygen atoms in total. The number of benzene rings is 2. The van der Waals surface area contributed by atoms with Crippen LogP contribution in [0.4, 0.5) is 0 Å². The minimum atomic E-state index is -0.553. The highest BCUT2D eigenvalue weighted by atomic mass is 16.5. The molecular formula is C24H32N2O4. The number of nitrogens with zero attached hydrogens (tertiary/aromatic N) is 2. The molecule has 1 N–H and O–H groups in total. The van der Waals surface area contributed by atoms with E-state index in [2.05, 4.69) is 40.1 Å². The molecule has 2 aliphatic heterocycles. The van der Waals surface area contributed by atoms with Crippen molar-refractivity contribution in [1.82, 2.24) is 9.80 Å². The van der Waals surface area contributed by atoms with Gasteiger partial charge in [-0.25, -0.2) is 0 Å². The Labute approximate surface area is 179 Å². The molecule has 6 heteroatoms. The monoisotopic (exact) mass is 412 g/mol. The van der Waals surface area contributed by atoms with E-state index in [0.29, 0.717) is 12.3 Å². The number of morpholine rings is 1. The second-order valence-electron chi connectivity index (χ2n) is 8.06. The number of para-hydroxylation sites is 1. The van der Waals surface area contributed by atoms with E-state index < -0.39 is 6.10 Å². The minimum Gasteiger partial charge on any atom is -0.493 e. The smallest absolute Gasteiger partial charge is 0.165 e. The van der Waals surface area contributed by atoms with Crippen LogP contribution < -0.4 is 9.47 Å². The van der Waals surface area contributed by atoms with Gasteiger partial charge in [-0.1, -0.05) is 36.4 Å². The average Bonchev–Trinajstić information content (AvgIpc) is 2.78. The van der Waals surface area contributed by atoms with E-state index in [4.69, 9.17) is 14.2 Å². The Bertz CT molecular complexity index is 823. The number of methoxy groups -OCH3 is 1. The van der Waals surface area contributed by atoms with Gasteiger partial charge in [0.1, 0.15) is 12.7 Å². The van der Waals surface area contributed by atoms with E-state index in [-0.39, 0.29) is 6.61 Å². The molecule has 1 unspecified atom stereocenters. The van der Waals surface area contributed by atoms with Crippen LogP contribution in [0.25, 0.3) is 0 Å². The van der Waals surface area contributed by atoms with E-state index in [1.54, 1.807) is 7.11 Å². The lowest BCUT2D eigenvalue weighted by atomic mass is 9.99. The molecule has 4 rings (SSSR count). The molecule has 0 aliphatic carbocycles. The quantitative estimate of drug-likeness (QED) is 0.718. The van der Waals surface area contributed by atoms with Crippen molar-refractivity contribution in [2.24, 2.45) is 0 Å². The van der Waals surface area contributed by atoms with Crippen LogP contribution in [-0.2, 0) is 24.2 Å². The predicted molar refractivity (Wildman–Crippen MR) is 116 cm³/mol. The molecule has 162 valence electrons. The lowest BCUT2D eigenvalue weighted by Crippen LogP contribution is -2.42. The molecule has 1 fully saturated rings. The SMILES string of the molecule is COc1cccc(CN2CCc3ccccc3C2)c1OCC(O)CN1CCOCC1. The number of hydrogen-bond acceptors (Lipinski definition) is 6. The van der Waals surface area contributed by atoms with Crippen LogP contribution in [0.5, 0.6) is 11.5 Å². The largest absolute Gasteiger partial charge is 0.493 e. The number of ether oxygens (including phenoxy) is 3. The molecular weight excluding hydrogens is 380 g/mol. The number of aliphatic hydroxyl groups is 1. The fourth-order valence-corrected chi connectivity index (χ4v) is 4.25. The Morgan fingerprint density at radius 1 is 1.00 bits per heavy atom. The van der Waals surface area contributed by atoms with Crippen molar-refractivity contribution in [3.8, 4) is 11.5 Å². The maximum atomic E-state index is 10.5. The third-order valence-electron chi connectivity index (χ3n) is 5.88. The third kappa shape index (κ3) is 5.32. The standard InChI is InChI=1S/C24H32N2O4/c1-28-23-8-4-7-21(16-26-10-9-19-5-2-3-6-20(19)15-26)24(23)30-18-22(27)17-25-11-13-29-14-12-25/h2-8,22,27H,9-18H2,1H3. The molecule has 0 spiro atoms. The van der Waals surface area contributed by atoms with Gasteiger partial charge in [0.2, 0.25) is 0 Å². The lowest BCUT2D eigenvalue weighted by Gasteiger charge is -2.30. The van der Waals surface area contributed by atoms with E-state index in [0.717, 1.165) is 63.7 Å². The predicted octanol–water partition coefficient (Wildman–Crippen LogP) is 2.33. The topological polar surface area (TPSA) is 54.4 Å². The van der Waals surface area contributed by atoms with Gasteiger partial charge in [-0.3, -0.25) is 9.80 Å². The Morgan fingerprint density at radius 3 is 2.60 bits per heavy atom. The summed E-state index contributed by atoms with van der Waals surface area (Å²) in [4.78, 5) is 4.65. The van der Waals surface area contributed by atoms with Crippen LogP contribution in [-0.4, -0.2) is 74.1 Å². The Kier molecular flexibility index (Phi) is 7.23. The van der Waals surface area contributed by atoms with Gasteiger partial charge in [-0.15, -0.1) is 0 Å². The molecule has 0 saturated carbocycles. The highest BCUT2D eigenvalue weighted by Gasteiger charge is 2.20. The molecule has 0 amide bonds. The van der Waals surface area contributed by atoms with Gasteiger partial charge in [0.25, 0.3) is 0 Å². The second kappa shape index (κ2) is 10.3. The van der Waals surface area contributed by atoms with Gasteiger partial charge in [0.05, 0.1) is 20.3 Å². The summed E-state index contributed by atoms with van der Waals surface area (Å²) in [5, 5.41) is 10.5. The molecule has 0 radical (unpaired) electrons. The molecule has 2 aromatic rings. The second-order valence-corrected chi connectivity index (χ2v) is 8.06. The number of β-amino-alcohol motifs (C(OH)–C–C–N with tert-alkyl or cyclic N) is 1. The van der Waals surface area contributed by atoms with E-state index in [1.807, 2.05) is 12.1 Å². The molecule has 2 aliphatic rings. The van der Waals surface area contributed by atoms with Crippen molar-refractivity contribution >= 4 is 0 Å². The molecule has 0 bridgehead atoms. The Morgan fingerprint density at radius 2 is 1.80 bits per heavy atom. The summed E-state index contributed by atoms with van der Waals surface area (Å²) in [6, 6.07) is 14.7. The molecule has 30 heavy (non-hydrogen) atoms. The maximum absolute atomic E-state index is 10.5. The fourth-order valence-electron chi connectivity index (χ4n) is 4.25. The lowest BCUT2D eigenvalue weighted by molar-refractivity contribution is 0.00430. The van der Waals surface area contributed by atoms with Gasteiger partial charge in [-0.05, 0) is 23.6 Å². The van der Waals surface area contributed by atoms with E-state index >= 15 is 0 Å². The first-order chi connectivity index (χ1) is 14.7. The first-order valence-electron chi connectivity index (χ1n) is 10.8. The number of rotatable bonds is 8. The van der Waals surface area contributed by atoms with Gasteiger partial charge in [-0.2, -0.15) is 0 Å². The van der Waals surface area contributed by atoms with Crippen LogP contribution in [0.2, 0.25) is 0 Å². The minimum absolute atomic E-state index is 0.244. The number of aliphatic hydroxyl groups excluding tert-OH is 1. The van der Waals surface area contributed by atoms with Gasteiger partial charge in [0, 0.05) is 44.8 Å². The van der Waals surface area contributed by atoms with Crippen LogP contribution in [0.1, 0.15) is 16.7 Å². The zero-order valence-electron chi connectivity index (χ0n) is 17.8. The zero-order chi connectivity index (χ0) is 20.8. The Balaban J connectivity index is 1.40. The Hall–Kier alpha value is -2.12. The van der Waals surface area contributed by atoms with Gasteiger partial charge < -0.3 is 19.3 Å². The molecule has 1 atom stereocenters. The zero-order valence-corrected chi connectivity index (χ0v) is 17.8. The molecule has 0 aromatic heterocycles. The summed E-state index contributed by atoms with van der Waals surface area (Å²) >= 11 is 0. The third-order valence-corrected chi connectivity index (χ3v) is 5.88.